The molecule has 0 spiro atoms. The number of fused-ring (bicyclic) bond motifs is 1. The SMILES string of the molecule is C=C.CC/C=C(CCNC(=O)C(CC(F)F)NC(=O)[C@@H]1CC(Oc2cc(OC)cc3nc(-c4ccccc4)ccc23)CN1C(=O)C(NC=O)C(C)C)\C(F)=C/CC(=O)O.CCCC.CF.COC(C)(C)C. The lowest BCUT2D eigenvalue weighted by Gasteiger charge is -2.30. The third kappa shape index (κ3) is 23.4. The molecule has 1 aromatic heterocycles. The number of allylic oxidation sites excluding steroid dienone is 2. The first-order valence-electron chi connectivity index (χ1n) is 23.5. The number of hydrogen-bond acceptors (Lipinski definition) is 9. The summed E-state index contributed by atoms with van der Waals surface area (Å²) in [5.41, 5.74) is 2.32. The van der Waals surface area contributed by atoms with Gasteiger partial charge >= 0.3 is 5.97 Å². The van der Waals surface area contributed by atoms with Crippen LogP contribution in [0.15, 0.2) is 91.3 Å². The van der Waals surface area contributed by atoms with Gasteiger partial charge in [-0.05, 0) is 63.3 Å². The van der Waals surface area contributed by atoms with Crippen molar-refractivity contribution in [1.82, 2.24) is 25.8 Å². The Balaban J connectivity index is 0.00000311. The van der Waals surface area contributed by atoms with Crippen molar-refractivity contribution in [3.05, 3.63) is 91.3 Å². The number of pyridine rings is 1. The molecule has 71 heavy (non-hydrogen) atoms. The second-order valence-corrected chi connectivity index (χ2v) is 17.1. The number of carbonyl (C=O) groups excluding carboxylic acids is 4. The smallest absolute Gasteiger partial charge is 0.307 e. The Kier molecular flexibility index (Phi) is 31.8. The Bertz CT molecular complexity index is 2130. The summed E-state index contributed by atoms with van der Waals surface area (Å²) in [5.74, 6) is -4.11. The molecule has 4 atom stereocenters. The largest absolute Gasteiger partial charge is 0.497 e. The molecule has 396 valence electrons. The highest BCUT2D eigenvalue weighted by Crippen LogP contribution is 2.35. The predicted molar refractivity (Wildman–Crippen MR) is 272 cm³/mol. The van der Waals surface area contributed by atoms with Crippen molar-refractivity contribution in [1.29, 1.82) is 0 Å². The average Bonchev–Trinajstić information content (AvgIpc) is 3.79. The first-order valence-corrected chi connectivity index (χ1v) is 23.5. The summed E-state index contributed by atoms with van der Waals surface area (Å²) in [4.78, 5) is 69.5. The molecular formula is C53H77F4N5O9. The van der Waals surface area contributed by atoms with Gasteiger partial charge < -0.3 is 40.2 Å². The number of amides is 4. The Morgan fingerprint density at radius 1 is 0.972 bits per heavy atom. The molecule has 1 saturated heterocycles. The number of aromatic nitrogens is 1. The Labute approximate surface area is 417 Å². The first-order chi connectivity index (χ1) is 33.7. The van der Waals surface area contributed by atoms with Gasteiger partial charge in [0.15, 0.2) is 0 Å². The minimum Gasteiger partial charge on any atom is -0.497 e. The normalized spacial score (nSPS) is 15.2. The fraction of sp³-hybridized carbons (Fsp3) is 0.509. The molecular weight excluding hydrogens is 927 g/mol. The predicted octanol–water partition coefficient (Wildman–Crippen LogP) is 9.97. The molecule has 2 heterocycles. The number of halogens is 4. The number of hydrogen-bond donors (Lipinski definition) is 4. The van der Waals surface area contributed by atoms with Crippen LogP contribution in [0.3, 0.4) is 0 Å². The highest BCUT2D eigenvalue weighted by atomic mass is 19.3. The molecule has 0 saturated carbocycles. The van der Waals surface area contributed by atoms with Gasteiger partial charge in [0.25, 0.3) is 0 Å². The van der Waals surface area contributed by atoms with Crippen molar-refractivity contribution < 1.29 is 60.9 Å². The van der Waals surface area contributed by atoms with E-state index in [0.717, 1.165) is 11.6 Å². The van der Waals surface area contributed by atoms with Crippen LogP contribution in [-0.4, -0.2) is 116 Å². The van der Waals surface area contributed by atoms with Crippen LogP contribution in [-0.2, 0) is 28.7 Å². The van der Waals surface area contributed by atoms with Gasteiger partial charge in [-0.3, -0.25) is 28.4 Å². The zero-order valence-corrected chi connectivity index (χ0v) is 43.3. The van der Waals surface area contributed by atoms with Gasteiger partial charge in [-0.25, -0.2) is 18.2 Å². The molecule has 0 bridgehead atoms. The summed E-state index contributed by atoms with van der Waals surface area (Å²) in [7, 11) is 3.69. The molecule has 4 amide bonds. The van der Waals surface area contributed by atoms with Crippen molar-refractivity contribution in [3.63, 3.8) is 0 Å². The van der Waals surface area contributed by atoms with Crippen LogP contribution in [0.25, 0.3) is 22.2 Å². The van der Waals surface area contributed by atoms with Crippen LogP contribution < -0.4 is 25.4 Å². The van der Waals surface area contributed by atoms with E-state index in [9.17, 15) is 41.5 Å². The van der Waals surface area contributed by atoms with E-state index in [1.54, 1.807) is 40.0 Å². The maximum absolute atomic E-state index is 14.6. The lowest BCUT2D eigenvalue weighted by Crippen LogP contribution is -2.56. The average molecular weight is 1000 g/mol. The summed E-state index contributed by atoms with van der Waals surface area (Å²) < 4.78 is 68.6. The van der Waals surface area contributed by atoms with E-state index in [1.165, 1.54) is 30.9 Å². The van der Waals surface area contributed by atoms with Crippen LogP contribution >= 0.6 is 0 Å². The number of nitrogens with zero attached hydrogens (tertiary/aromatic N) is 2. The lowest BCUT2D eigenvalue weighted by atomic mass is 10.0. The number of carbonyl (C=O) groups is 5. The van der Waals surface area contributed by atoms with Crippen molar-refractivity contribution in [3.8, 4) is 22.8 Å². The Hall–Kier alpha value is -6.30. The maximum Gasteiger partial charge on any atom is 0.307 e. The molecule has 4 N–H and O–H groups in total. The number of alkyl halides is 3. The number of likely N-dealkylation sites (tertiary alicyclic amines) is 1. The number of nitrogens with one attached hydrogen (secondary N) is 3. The minimum atomic E-state index is -3.01. The highest BCUT2D eigenvalue weighted by Gasteiger charge is 2.44. The van der Waals surface area contributed by atoms with Crippen LogP contribution in [0.4, 0.5) is 17.6 Å². The van der Waals surface area contributed by atoms with E-state index in [-0.39, 0.29) is 37.1 Å². The molecule has 18 heteroatoms. The standard InChI is InChI=1S/C41H48F3N5O8.C5H12O.C4H10.C2H4.CH3F/c1-5-9-25(30(42)13-15-37(51)52)16-17-45-39(53)33(21-36(43)44)48-40(54)34-19-28(22-49(34)41(55)38(24(2)3)46-23-50)57-35-20-27(56-4)18-32-29(35)12-14-31(47-32)26-10-7-6-8-11-26;1-5(2,3)6-4;1-3-4-2;2*1-2/h6-14,18,20,23-24,28,33-34,36,38H,5,15-17,19,21-22H2,1-4H3,(H,45,53)(H,46,50)(H,48,54)(H,51,52);1-4H3;3-4H2,1-2H3;1-2H2;1H3/b25-9-,30-13+;;;;/t28?,33?,34-,38?;;;;/m0..../s1. The van der Waals surface area contributed by atoms with Crippen LogP contribution in [0, 0.1) is 5.92 Å². The molecule has 3 unspecified atom stereocenters. The summed E-state index contributed by atoms with van der Waals surface area (Å²) in [6.45, 7) is 21.2. The van der Waals surface area contributed by atoms with Gasteiger partial charge in [-0.2, -0.15) is 0 Å². The van der Waals surface area contributed by atoms with E-state index in [2.05, 4.69) is 43.0 Å². The van der Waals surface area contributed by atoms with E-state index < -0.39 is 78.9 Å². The summed E-state index contributed by atoms with van der Waals surface area (Å²) in [5, 5.41) is 16.8. The molecule has 4 rings (SSSR count). The number of rotatable bonds is 21. The first kappa shape index (κ1) is 64.7. The number of methoxy groups -OCH3 is 2. The number of unbranched alkanes of at least 4 members (excludes halogenated alkanes) is 1. The van der Waals surface area contributed by atoms with E-state index in [0.29, 0.717) is 48.1 Å². The molecule has 0 aliphatic carbocycles. The van der Waals surface area contributed by atoms with Gasteiger partial charge in [0, 0.05) is 49.6 Å². The molecule has 3 aromatic rings. The number of aliphatic carboxylic acids is 1. The van der Waals surface area contributed by atoms with E-state index >= 15 is 0 Å². The third-order valence-electron chi connectivity index (χ3n) is 10.4. The Morgan fingerprint density at radius 3 is 2.10 bits per heavy atom. The van der Waals surface area contributed by atoms with E-state index in [4.69, 9.17) is 24.3 Å². The second-order valence-electron chi connectivity index (χ2n) is 17.1. The van der Waals surface area contributed by atoms with Crippen molar-refractivity contribution in [2.24, 2.45) is 5.92 Å². The van der Waals surface area contributed by atoms with Crippen molar-refractivity contribution in [2.45, 2.75) is 137 Å². The van der Waals surface area contributed by atoms with Gasteiger partial charge in [0.05, 0.1) is 44.1 Å². The van der Waals surface area contributed by atoms with Gasteiger partial charge in [-0.15, -0.1) is 13.2 Å². The maximum atomic E-state index is 14.6. The molecule has 1 fully saturated rings. The molecule has 2 aromatic carbocycles. The zero-order valence-electron chi connectivity index (χ0n) is 43.3. The summed E-state index contributed by atoms with van der Waals surface area (Å²) in [6, 6.07) is 12.5. The Morgan fingerprint density at radius 2 is 1.59 bits per heavy atom. The summed E-state index contributed by atoms with van der Waals surface area (Å²) in [6.07, 6.45) is 0.204. The fourth-order valence-electron chi connectivity index (χ4n) is 6.51. The van der Waals surface area contributed by atoms with Crippen molar-refractivity contribution in [2.75, 3.05) is 34.5 Å². The van der Waals surface area contributed by atoms with Crippen LogP contribution in [0.1, 0.15) is 100 Å². The van der Waals surface area contributed by atoms with Crippen LogP contribution in [0.2, 0.25) is 0 Å². The van der Waals surface area contributed by atoms with Crippen molar-refractivity contribution >= 4 is 41.0 Å². The van der Waals surface area contributed by atoms with Gasteiger partial charge in [-0.1, -0.05) is 83.9 Å². The molecule has 0 radical (unpaired) electrons. The third-order valence-corrected chi connectivity index (χ3v) is 10.4. The number of carboxylic acids is 1. The number of ether oxygens (including phenoxy) is 3. The molecule has 1 aliphatic heterocycles. The topological polar surface area (TPSA) is 185 Å². The monoisotopic (exact) mass is 1000 g/mol. The minimum absolute atomic E-state index is 0.0417. The summed E-state index contributed by atoms with van der Waals surface area (Å²) >= 11 is 0. The van der Waals surface area contributed by atoms with Gasteiger partial charge in [0.1, 0.15) is 41.6 Å². The molecule has 1 aliphatic rings. The number of benzene rings is 2. The number of carboxylic acid groups (broad SMARTS) is 1. The van der Waals surface area contributed by atoms with Crippen LogP contribution in [0.5, 0.6) is 11.5 Å². The highest BCUT2D eigenvalue weighted by molar-refractivity contribution is 5.94. The van der Waals surface area contributed by atoms with E-state index in [1.807, 2.05) is 63.2 Å². The van der Waals surface area contributed by atoms with Gasteiger partial charge in [0.2, 0.25) is 30.6 Å². The fourth-order valence-corrected chi connectivity index (χ4v) is 6.51. The quantitative estimate of drug-likeness (QED) is 0.0347. The lowest BCUT2D eigenvalue weighted by molar-refractivity contribution is -0.142. The zero-order chi connectivity index (χ0) is 54.3. The molecule has 14 nitrogen and oxygen atoms in total. The second kappa shape index (κ2) is 34.9.